The van der Waals surface area contributed by atoms with Crippen molar-refractivity contribution in [2.45, 2.75) is 46.0 Å². The van der Waals surface area contributed by atoms with Crippen LogP contribution in [0.2, 0.25) is 0 Å². The summed E-state index contributed by atoms with van der Waals surface area (Å²) >= 11 is 0. The average molecular weight is 246 g/mol. The highest BCUT2D eigenvalue weighted by atomic mass is 16.2. The van der Waals surface area contributed by atoms with E-state index in [1.54, 1.807) is 0 Å². The van der Waals surface area contributed by atoms with E-state index in [1.807, 2.05) is 58.0 Å². The average Bonchev–Trinajstić information content (AvgIpc) is 2.73. The van der Waals surface area contributed by atoms with Gasteiger partial charge in [0.2, 0.25) is 0 Å². The van der Waals surface area contributed by atoms with E-state index >= 15 is 0 Å². The predicted octanol–water partition coefficient (Wildman–Crippen LogP) is 3.54. The minimum atomic E-state index is -0.246. The molecule has 0 radical (unpaired) electrons. The van der Waals surface area contributed by atoms with Crippen LogP contribution in [0.5, 0.6) is 0 Å². The van der Waals surface area contributed by atoms with Crippen molar-refractivity contribution in [1.29, 1.82) is 0 Å². The molecule has 1 fully saturated rings. The van der Waals surface area contributed by atoms with Gasteiger partial charge in [0.25, 0.3) is 0 Å². The van der Waals surface area contributed by atoms with Gasteiger partial charge in [0.15, 0.2) is 0 Å². The second-order valence-corrected chi connectivity index (χ2v) is 5.03. The first-order valence-electron chi connectivity index (χ1n) is 6.62. The first-order chi connectivity index (χ1) is 8.51. The molecular weight excluding hydrogens is 224 g/mol. The largest absolute Gasteiger partial charge is 0.299 e. The molecule has 1 saturated carbocycles. The summed E-state index contributed by atoms with van der Waals surface area (Å²) in [5, 5.41) is 0. The van der Waals surface area contributed by atoms with Gasteiger partial charge in [-0.15, -0.1) is 0 Å². The third-order valence-electron chi connectivity index (χ3n) is 3.58. The van der Waals surface area contributed by atoms with Crippen molar-refractivity contribution in [1.82, 2.24) is 0 Å². The SMILES string of the molecule is CC.CC(C)(c1ccccc1)C1CC(=O)CC1=O. The summed E-state index contributed by atoms with van der Waals surface area (Å²) in [4.78, 5) is 23.1. The molecule has 0 amide bonds. The minimum absolute atomic E-state index is 0.0824. The Kier molecular flexibility index (Phi) is 4.83. The molecule has 18 heavy (non-hydrogen) atoms. The number of rotatable bonds is 2. The smallest absolute Gasteiger partial charge is 0.144 e. The monoisotopic (exact) mass is 246 g/mol. The standard InChI is InChI=1S/C14H16O2.C2H6/c1-14(2,10-6-4-3-5-7-10)12-8-11(15)9-13(12)16;1-2/h3-7,12H,8-9H2,1-2H3;1-2H3. The number of benzene rings is 1. The van der Waals surface area contributed by atoms with Gasteiger partial charge < -0.3 is 0 Å². The van der Waals surface area contributed by atoms with Crippen LogP contribution in [0.25, 0.3) is 0 Å². The van der Waals surface area contributed by atoms with Gasteiger partial charge in [-0.05, 0) is 11.0 Å². The van der Waals surface area contributed by atoms with Crippen LogP contribution in [0, 0.1) is 5.92 Å². The number of Topliss-reactive ketones (excluding diaryl/α,β-unsaturated/α-hetero) is 2. The molecule has 1 atom stereocenters. The zero-order valence-corrected chi connectivity index (χ0v) is 11.7. The summed E-state index contributed by atoms with van der Waals surface area (Å²) in [6.45, 7) is 8.09. The molecule has 0 spiro atoms. The Morgan fingerprint density at radius 3 is 2.06 bits per heavy atom. The van der Waals surface area contributed by atoms with Crippen molar-refractivity contribution in [3.05, 3.63) is 35.9 Å². The summed E-state index contributed by atoms with van der Waals surface area (Å²) in [5.41, 5.74) is 0.882. The molecule has 0 aliphatic heterocycles. The quantitative estimate of drug-likeness (QED) is 0.748. The van der Waals surface area contributed by atoms with Crippen LogP contribution < -0.4 is 0 Å². The van der Waals surface area contributed by atoms with Gasteiger partial charge in [0, 0.05) is 12.3 Å². The highest BCUT2D eigenvalue weighted by Gasteiger charge is 2.42. The van der Waals surface area contributed by atoms with Gasteiger partial charge in [-0.1, -0.05) is 58.0 Å². The molecule has 1 unspecified atom stereocenters. The zero-order valence-electron chi connectivity index (χ0n) is 11.7. The molecule has 98 valence electrons. The lowest BCUT2D eigenvalue weighted by Gasteiger charge is -2.30. The maximum atomic E-state index is 11.8. The summed E-state index contributed by atoms with van der Waals surface area (Å²) in [7, 11) is 0. The van der Waals surface area contributed by atoms with E-state index in [2.05, 4.69) is 0 Å². The first kappa shape index (κ1) is 14.6. The Hall–Kier alpha value is -1.44. The van der Waals surface area contributed by atoms with E-state index in [4.69, 9.17) is 0 Å². The number of carbonyl (C=O) groups is 2. The fraction of sp³-hybridized carbons (Fsp3) is 0.500. The topological polar surface area (TPSA) is 34.1 Å². The fourth-order valence-corrected chi connectivity index (χ4v) is 2.46. The number of hydrogen-bond acceptors (Lipinski definition) is 2. The number of carbonyl (C=O) groups excluding carboxylic acids is 2. The Bertz CT molecular complexity index is 418. The molecule has 0 saturated heterocycles. The Labute approximate surface area is 109 Å². The fourth-order valence-electron chi connectivity index (χ4n) is 2.46. The molecule has 1 aromatic carbocycles. The van der Waals surface area contributed by atoms with Crippen LogP contribution >= 0.6 is 0 Å². The van der Waals surface area contributed by atoms with Crippen molar-refractivity contribution < 1.29 is 9.59 Å². The van der Waals surface area contributed by atoms with E-state index in [1.165, 1.54) is 0 Å². The molecule has 2 nitrogen and oxygen atoms in total. The first-order valence-corrected chi connectivity index (χ1v) is 6.62. The highest BCUT2D eigenvalue weighted by Crippen LogP contribution is 2.38. The van der Waals surface area contributed by atoms with Crippen molar-refractivity contribution in [2.24, 2.45) is 5.92 Å². The van der Waals surface area contributed by atoms with E-state index in [0.29, 0.717) is 6.42 Å². The van der Waals surface area contributed by atoms with E-state index < -0.39 is 0 Å². The lowest BCUT2D eigenvalue weighted by molar-refractivity contribution is -0.123. The molecule has 2 rings (SSSR count). The van der Waals surface area contributed by atoms with Crippen LogP contribution in [-0.4, -0.2) is 11.6 Å². The van der Waals surface area contributed by atoms with Crippen LogP contribution in [0.1, 0.15) is 46.1 Å². The van der Waals surface area contributed by atoms with E-state index in [-0.39, 0.29) is 29.3 Å². The lowest BCUT2D eigenvalue weighted by Crippen LogP contribution is -2.31. The summed E-state index contributed by atoms with van der Waals surface area (Å²) < 4.78 is 0. The Morgan fingerprint density at radius 1 is 1.06 bits per heavy atom. The van der Waals surface area contributed by atoms with Gasteiger partial charge in [0.1, 0.15) is 11.6 Å². The summed E-state index contributed by atoms with van der Waals surface area (Å²) in [6, 6.07) is 9.95. The van der Waals surface area contributed by atoms with Crippen molar-refractivity contribution in [2.75, 3.05) is 0 Å². The third kappa shape index (κ3) is 2.87. The molecule has 1 aliphatic rings. The number of ketones is 2. The normalized spacial score (nSPS) is 19.4. The van der Waals surface area contributed by atoms with E-state index in [9.17, 15) is 9.59 Å². The molecule has 1 aliphatic carbocycles. The van der Waals surface area contributed by atoms with Crippen LogP contribution in [0.15, 0.2) is 30.3 Å². The van der Waals surface area contributed by atoms with Gasteiger partial charge >= 0.3 is 0 Å². The van der Waals surface area contributed by atoms with Gasteiger partial charge in [-0.25, -0.2) is 0 Å². The van der Waals surface area contributed by atoms with Crippen LogP contribution in [0.3, 0.4) is 0 Å². The highest BCUT2D eigenvalue weighted by molar-refractivity contribution is 6.07. The molecule has 2 heteroatoms. The summed E-state index contributed by atoms with van der Waals surface area (Å²) in [6.07, 6.45) is 0.529. The molecule has 1 aromatic rings. The van der Waals surface area contributed by atoms with Crippen molar-refractivity contribution in [3.8, 4) is 0 Å². The number of hydrogen-bond donors (Lipinski definition) is 0. The summed E-state index contributed by atoms with van der Waals surface area (Å²) in [5.74, 6) is 0.0280. The second-order valence-electron chi connectivity index (χ2n) is 5.03. The minimum Gasteiger partial charge on any atom is -0.299 e. The molecular formula is C16H22O2. The maximum Gasteiger partial charge on any atom is 0.144 e. The molecule has 0 bridgehead atoms. The van der Waals surface area contributed by atoms with Gasteiger partial charge in [0.05, 0.1) is 6.42 Å². The Morgan fingerprint density at radius 2 is 1.61 bits per heavy atom. The third-order valence-corrected chi connectivity index (χ3v) is 3.58. The molecule has 0 aromatic heterocycles. The second kappa shape index (κ2) is 5.94. The van der Waals surface area contributed by atoms with Gasteiger partial charge in [-0.2, -0.15) is 0 Å². The predicted molar refractivity (Wildman–Crippen MR) is 73.6 cm³/mol. The van der Waals surface area contributed by atoms with Crippen LogP contribution in [-0.2, 0) is 15.0 Å². The lowest BCUT2D eigenvalue weighted by atomic mass is 9.72. The van der Waals surface area contributed by atoms with Crippen molar-refractivity contribution in [3.63, 3.8) is 0 Å². The molecule has 0 heterocycles. The van der Waals surface area contributed by atoms with E-state index in [0.717, 1.165) is 5.56 Å². The molecule has 0 N–H and O–H groups in total. The van der Waals surface area contributed by atoms with Crippen molar-refractivity contribution >= 4 is 11.6 Å². The zero-order chi connectivity index (χ0) is 13.8. The van der Waals surface area contributed by atoms with Gasteiger partial charge in [-0.3, -0.25) is 9.59 Å². The maximum absolute atomic E-state index is 11.8. The van der Waals surface area contributed by atoms with Crippen LogP contribution in [0.4, 0.5) is 0 Å². The Balaban J connectivity index is 0.000000771.